The van der Waals surface area contributed by atoms with Gasteiger partial charge in [-0.3, -0.25) is 4.79 Å². The van der Waals surface area contributed by atoms with Crippen LogP contribution in [0.25, 0.3) is 0 Å². The number of rotatable bonds is 8. The summed E-state index contributed by atoms with van der Waals surface area (Å²) in [7, 11) is 1.55. The molecule has 0 radical (unpaired) electrons. The van der Waals surface area contributed by atoms with E-state index in [1.165, 1.54) is 0 Å². The fourth-order valence-corrected chi connectivity index (χ4v) is 3.27. The van der Waals surface area contributed by atoms with Crippen molar-refractivity contribution in [2.45, 2.75) is 39.8 Å². The van der Waals surface area contributed by atoms with Crippen molar-refractivity contribution >= 4 is 5.91 Å². The van der Waals surface area contributed by atoms with Gasteiger partial charge in [-0.25, -0.2) is 0 Å². The minimum atomic E-state index is -0.196. The second-order valence-electron chi connectivity index (χ2n) is 6.61. The van der Waals surface area contributed by atoms with Crippen LogP contribution in [0.1, 0.15) is 42.3 Å². The summed E-state index contributed by atoms with van der Waals surface area (Å²) in [6.07, 6.45) is 1.03. The quantitative estimate of drug-likeness (QED) is 0.750. The molecule has 2 aromatic carbocycles. The number of hydrogen-bond acceptors (Lipinski definition) is 5. The molecule has 1 N–H and O–H groups in total. The normalized spacial score (nSPS) is 14.8. The molecule has 1 unspecified atom stereocenters. The first-order valence-corrected chi connectivity index (χ1v) is 9.60. The van der Waals surface area contributed by atoms with Gasteiger partial charge in [-0.15, -0.1) is 0 Å². The average Bonchev–Trinajstić information content (AvgIpc) is 3.05. The van der Waals surface area contributed by atoms with Crippen LogP contribution in [0.2, 0.25) is 0 Å². The molecule has 28 heavy (non-hydrogen) atoms. The minimum Gasteiger partial charge on any atom is -0.494 e. The third kappa shape index (κ3) is 4.32. The molecule has 1 heterocycles. The molecule has 1 aliphatic rings. The molecule has 0 bridgehead atoms. The van der Waals surface area contributed by atoms with Gasteiger partial charge in [-0.05, 0) is 51.1 Å². The highest BCUT2D eigenvalue weighted by atomic mass is 16.5. The van der Waals surface area contributed by atoms with E-state index in [2.05, 4.69) is 5.32 Å². The molecule has 6 nitrogen and oxygen atoms in total. The van der Waals surface area contributed by atoms with Crippen LogP contribution in [0.3, 0.4) is 0 Å². The van der Waals surface area contributed by atoms with E-state index in [4.69, 9.17) is 18.9 Å². The predicted octanol–water partition coefficient (Wildman–Crippen LogP) is 3.75. The van der Waals surface area contributed by atoms with E-state index in [0.29, 0.717) is 36.8 Å². The minimum absolute atomic E-state index is 0.158. The number of amides is 1. The summed E-state index contributed by atoms with van der Waals surface area (Å²) in [6.45, 7) is 7.32. The van der Waals surface area contributed by atoms with E-state index in [1.54, 1.807) is 25.3 Å². The van der Waals surface area contributed by atoms with Gasteiger partial charge in [0.1, 0.15) is 17.6 Å². The molecule has 150 valence electrons. The van der Waals surface area contributed by atoms with Gasteiger partial charge >= 0.3 is 0 Å². The number of carbonyl (C=O) groups excluding carboxylic acids is 1. The molecule has 1 atom stereocenters. The van der Waals surface area contributed by atoms with Gasteiger partial charge in [0, 0.05) is 29.7 Å². The zero-order valence-electron chi connectivity index (χ0n) is 16.8. The van der Waals surface area contributed by atoms with E-state index >= 15 is 0 Å². The van der Waals surface area contributed by atoms with Crippen LogP contribution < -0.4 is 24.3 Å². The summed E-state index contributed by atoms with van der Waals surface area (Å²) >= 11 is 0. The maximum atomic E-state index is 12.6. The first-order chi connectivity index (χ1) is 13.5. The highest BCUT2D eigenvalue weighted by Gasteiger charge is 2.22. The number of carbonyl (C=O) groups is 1. The molecular formula is C22H27NO5. The lowest BCUT2D eigenvalue weighted by Crippen LogP contribution is -2.23. The van der Waals surface area contributed by atoms with Gasteiger partial charge in [-0.1, -0.05) is 0 Å². The van der Waals surface area contributed by atoms with Gasteiger partial charge in [0.15, 0.2) is 11.5 Å². The van der Waals surface area contributed by atoms with E-state index in [0.717, 1.165) is 29.0 Å². The van der Waals surface area contributed by atoms with Crippen LogP contribution in [-0.4, -0.2) is 32.3 Å². The van der Waals surface area contributed by atoms with Crippen molar-refractivity contribution in [2.24, 2.45) is 0 Å². The highest BCUT2D eigenvalue weighted by Crippen LogP contribution is 2.35. The first-order valence-electron chi connectivity index (χ1n) is 9.60. The molecule has 0 fully saturated rings. The fraction of sp³-hybridized carbons (Fsp3) is 0.409. The fourth-order valence-electron chi connectivity index (χ4n) is 3.27. The average molecular weight is 385 g/mol. The van der Waals surface area contributed by atoms with Crippen LogP contribution >= 0.6 is 0 Å². The zero-order valence-corrected chi connectivity index (χ0v) is 16.8. The first kappa shape index (κ1) is 19.9. The molecule has 0 saturated carbocycles. The third-order valence-corrected chi connectivity index (χ3v) is 4.54. The number of benzene rings is 2. The number of fused-ring (bicyclic) bond motifs is 1. The maximum Gasteiger partial charge on any atom is 0.251 e. The van der Waals surface area contributed by atoms with Gasteiger partial charge in [-0.2, -0.15) is 0 Å². The Morgan fingerprint density at radius 2 is 1.86 bits per heavy atom. The van der Waals surface area contributed by atoms with Gasteiger partial charge < -0.3 is 24.3 Å². The molecular weight excluding hydrogens is 358 g/mol. The summed E-state index contributed by atoms with van der Waals surface area (Å²) in [5.74, 6) is 2.60. The lowest BCUT2D eigenvalue weighted by atomic mass is 10.1. The van der Waals surface area contributed by atoms with Gasteiger partial charge in [0.2, 0.25) is 0 Å². The van der Waals surface area contributed by atoms with Crippen molar-refractivity contribution in [1.29, 1.82) is 0 Å². The molecule has 0 aromatic heterocycles. The Hall–Kier alpha value is -2.89. The van der Waals surface area contributed by atoms with E-state index in [9.17, 15) is 4.79 Å². The summed E-state index contributed by atoms with van der Waals surface area (Å²) in [5.41, 5.74) is 2.53. The second kappa shape index (κ2) is 8.87. The highest BCUT2D eigenvalue weighted by molar-refractivity contribution is 5.94. The van der Waals surface area contributed by atoms with Crippen molar-refractivity contribution in [3.05, 3.63) is 47.0 Å². The second-order valence-corrected chi connectivity index (χ2v) is 6.61. The monoisotopic (exact) mass is 385 g/mol. The van der Waals surface area contributed by atoms with Crippen LogP contribution in [0, 0.1) is 0 Å². The molecule has 0 spiro atoms. The zero-order chi connectivity index (χ0) is 20.1. The maximum absolute atomic E-state index is 12.6. The standard InChI is InChI=1S/C22H27NO5/c1-5-26-18-8-7-15(10-21(18)25-4)22(24)23-13-17-12-20-16(9-14(3)28-20)11-19(17)27-6-2/h7-8,10-12,14H,5-6,9,13H2,1-4H3,(H,23,24). The van der Waals surface area contributed by atoms with Gasteiger partial charge in [0.05, 0.1) is 20.3 Å². The van der Waals surface area contributed by atoms with Crippen molar-refractivity contribution in [3.63, 3.8) is 0 Å². The van der Waals surface area contributed by atoms with Gasteiger partial charge in [0.25, 0.3) is 5.91 Å². The van der Waals surface area contributed by atoms with E-state index < -0.39 is 0 Å². The van der Waals surface area contributed by atoms with Crippen LogP contribution in [0.4, 0.5) is 0 Å². The Bertz CT molecular complexity index is 849. The van der Waals surface area contributed by atoms with Crippen molar-refractivity contribution in [1.82, 2.24) is 5.32 Å². The molecule has 0 saturated heterocycles. The van der Waals surface area contributed by atoms with E-state index in [-0.39, 0.29) is 12.0 Å². The molecule has 1 amide bonds. The topological polar surface area (TPSA) is 66.0 Å². The number of methoxy groups -OCH3 is 1. The van der Waals surface area contributed by atoms with Crippen molar-refractivity contribution in [2.75, 3.05) is 20.3 Å². The summed E-state index contributed by atoms with van der Waals surface area (Å²) in [4.78, 5) is 12.6. The molecule has 0 aliphatic carbocycles. The largest absolute Gasteiger partial charge is 0.494 e. The smallest absolute Gasteiger partial charge is 0.251 e. The Labute approximate surface area is 165 Å². The lowest BCUT2D eigenvalue weighted by molar-refractivity contribution is 0.0950. The summed E-state index contributed by atoms with van der Waals surface area (Å²) in [6, 6.07) is 9.12. The molecule has 1 aliphatic heterocycles. The molecule has 6 heteroatoms. The summed E-state index contributed by atoms with van der Waals surface area (Å²) < 4.78 is 22.4. The van der Waals surface area contributed by atoms with Crippen molar-refractivity contribution < 1.29 is 23.7 Å². The Kier molecular flexibility index (Phi) is 6.29. The number of nitrogens with one attached hydrogen (secondary N) is 1. The summed E-state index contributed by atoms with van der Waals surface area (Å²) in [5, 5.41) is 2.95. The van der Waals surface area contributed by atoms with Crippen LogP contribution in [-0.2, 0) is 13.0 Å². The number of ether oxygens (including phenoxy) is 4. The Morgan fingerprint density at radius 1 is 1.11 bits per heavy atom. The Morgan fingerprint density at radius 3 is 2.57 bits per heavy atom. The van der Waals surface area contributed by atoms with Crippen LogP contribution in [0.5, 0.6) is 23.0 Å². The Balaban J connectivity index is 1.75. The lowest BCUT2D eigenvalue weighted by Gasteiger charge is -2.14. The van der Waals surface area contributed by atoms with E-state index in [1.807, 2.05) is 32.9 Å². The molecule has 2 aromatic rings. The molecule has 3 rings (SSSR count). The third-order valence-electron chi connectivity index (χ3n) is 4.54. The van der Waals surface area contributed by atoms with Crippen molar-refractivity contribution in [3.8, 4) is 23.0 Å². The SMILES string of the molecule is CCOc1cc2c(cc1CNC(=O)c1ccc(OCC)c(OC)c1)OC(C)C2. The van der Waals surface area contributed by atoms with Crippen LogP contribution in [0.15, 0.2) is 30.3 Å². The number of hydrogen-bond donors (Lipinski definition) is 1. The predicted molar refractivity (Wildman–Crippen MR) is 107 cm³/mol.